The molecular weight excluding hydrogens is 352 g/mol. The van der Waals surface area contributed by atoms with Crippen molar-refractivity contribution in [2.24, 2.45) is 11.7 Å². The molecule has 142 valence electrons. The van der Waals surface area contributed by atoms with Gasteiger partial charge in [-0.1, -0.05) is 19.4 Å². The molecule has 0 spiro atoms. The summed E-state index contributed by atoms with van der Waals surface area (Å²) in [6.45, 7) is 2.74. The van der Waals surface area contributed by atoms with Crippen LogP contribution in [0.15, 0.2) is 18.2 Å². The molecule has 0 aliphatic heterocycles. The average molecular weight is 371 g/mol. The van der Waals surface area contributed by atoms with E-state index < -0.39 is 52.9 Å². The zero-order valence-electron chi connectivity index (χ0n) is 13.6. The molecule has 0 heterocycles. The van der Waals surface area contributed by atoms with Crippen LogP contribution in [0.4, 0.5) is 26.3 Å². The lowest BCUT2D eigenvalue weighted by Crippen LogP contribution is -2.46. The van der Waals surface area contributed by atoms with Crippen LogP contribution in [0.1, 0.15) is 43.4 Å². The van der Waals surface area contributed by atoms with E-state index in [1.165, 1.54) is 6.92 Å². The monoisotopic (exact) mass is 371 g/mol. The van der Waals surface area contributed by atoms with Crippen molar-refractivity contribution in [2.75, 3.05) is 0 Å². The van der Waals surface area contributed by atoms with Crippen LogP contribution in [0.5, 0.6) is 0 Å². The van der Waals surface area contributed by atoms with E-state index in [4.69, 9.17) is 10.8 Å². The molecule has 2 atom stereocenters. The lowest BCUT2D eigenvalue weighted by atomic mass is 9.82. The minimum Gasteiger partial charge on any atom is -0.480 e. The van der Waals surface area contributed by atoms with Crippen molar-refractivity contribution in [3.05, 3.63) is 34.9 Å². The lowest BCUT2D eigenvalue weighted by molar-refractivity contribution is -0.146. The van der Waals surface area contributed by atoms with Gasteiger partial charge in [0, 0.05) is 0 Å². The maximum atomic E-state index is 13.2. The van der Waals surface area contributed by atoms with Crippen LogP contribution >= 0.6 is 0 Å². The molecule has 0 bridgehead atoms. The molecule has 1 aromatic carbocycles. The zero-order chi connectivity index (χ0) is 19.6. The van der Waals surface area contributed by atoms with Crippen molar-refractivity contribution in [1.29, 1.82) is 0 Å². The van der Waals surface area contributed by atoms with Crippen molar-refractivity contribution < 1.29 is 36.2 Å². The number of nitrogens with two attached hydrogens (primary N) is 1. The number of alkyl halides is 6. The smallest absolute Gasteiger partial charge is 0.416 e. The molecule has 2 unspecified atom stereocenters. The summed E-state index contributed by atoms with van der Waals surface area (Å²) in [5.41, 5.74) is 0.239. The van der Waals surface area contributed by atoms with E-state index in [1.54, 1.807) is 6.92 Å². The molecule has 0 radical (unpaired) electrons. The van der Waals surface area contributed by atoms with Crippen LogP contribution < -0.4 is 5.73 Å². The first-order chi connectivity index (χ1) is 11.2. The van der Waals surface area contributed by atoms with Gasteiger partial charge in [-0.3, -0.25) is 4.79 Å². The Labute approximate surface area is 140 Å². The van der Waals surface area contributed by atoms with Gasteiger partial charge in [0.2, 0.25) is 0 Å². The fourth-order valence-corrected chi connectivity index (χ4v) is 2.67. The van der Waals surface area contributed by atoms with Gasteiger partial charge >= 0.3 is 18.3 Å². The van der Waals surface area contributed by atoms with Gasteiger partial charge in [0.1, 0.15) is 5.54 Å². The van der Waals surface area contributed by atoms with Gasteiger partial charge in [0.05, 0.1) is 11.1 Å². The fraction of sp³-hybridized carbons (Fsp3) is 0.562. The summed E-state index contributed by atoms with van der Waals surface area (Å²) in [4.78, 5) is 11.1. The lowest BCUT2D eigenvalue weighted by Gasteiger charge is -2.27. The van der Waals surface area contributed by atoms with Gasteiger partial charge in [-0.25, -0.2) is 0 Å². The second-order valence-corrected chi connectivity index (χ2v) is 6.23. The average Bonchev–Trinajstić information content (AvgIpc) is 2.43. The van der Waals surface area contributed by atoms with E-state index in [9.17, 15) is 31.1 Å². The van der Waals surface area contributed by atoms with E-state index in [0.29, 0.717) is 18.2 Å². The number of carboxylic acid groups (broad SMARTS) is 1. The predicted octanol–water partition coefficient (Wildman–Crippen LogP) is 4.49. The van der Waals surface area contributed by atoms with Crippen LogP contribution in [0.25, 0.3) is 0 Å². The third-order valence-corrected chi connectivity index (χ3v) is 4.06. The van der Waals surface area contributed by atoms with Crippen LogP contribution in [0.2, 0.25) is 0 Å². The Morgan fingerprint density at radius 3 is 1.88 bits per heavy atom. The molecule has 0 saturated carbocycles. The fourth-order valence-electron chi connectivity index (χ4n) is 2.67. The molecule has 0 aliphatic rings. The molecule has 0 amide bonds. The number of carbonyl (C=O) groups is 1. The third kappa shape index (κ3) is 5.35. The number of carboxylic acids is 1. The van der Waals surface area contributed by atoms with E-state index in [-0.39, 0.29) is 12.8 Å². The Hall–Kier alpha value is -1.77. The summed E-state index contributed by atoms with van der Waals surface area (Å²) in [7, 11) is 0. The van der Waals surface area contributed by atoms with Crippen molar-refractivity contribution in [1.82, 2.24) is 0 Å². The third-order valence-electron chi connectivity index (χ3n) is 4.06. The van der Waals surface area contributed by atoms with Gasteiger partial charge in [-0.2, -0.15) is 26.3 Å². The van der Waals surface area contributed by atoms with Crippen LogP contribution in [0, 0.1) is 5.92 Å². The van der Waals surface area contributed by atoms with E-state index in [0.717, 1.165) is 0 Å². The van der Waals surface area contributed by atoms with Gasteiger partial charge < -0.3 is 10.8 Å². The van der Waals surface area contributed by atoms with Crippen molar-refractivity contribution >= 4 is 5.97 Å². The van der Waals surface area contributed by atoms with Crippen molar-refractivity contribution in [3.8, 4) is 0 Å². The predicted molar refractivity (Wildman–Crippen MR) is 78.8 cm³/mol. The molecule has 0 saturated heterocycles. The number of hydrogen-bond donors (Lipinski definition) is 2. The molecule has 0 aromatic heterocycles. The summed E-state index contributed by atoms with van der Waals surface area (Å²) >= 11 is 0. The molecule has 1 aromatic rings. The number of rotatable bonds is 6. The van der Waals surface area contributed by atoms with Crippen LogP contribution in [0.3, 0.4) is 0 Å². The number of benzene rings is 1. The molecule has 3 nitrogen and oxygen atoms in total. The second kappa shape index (κ2) is 7.23. The van der Waals surface area contributed by atoms with Crippen molar-refractivity contribution in [2.45, 2.75) is 51.0 Å². The van der Waals surface area contributed by atoms with Gasteiger partial charge in [0.25, 0.3) is 0 Å². The molecule has 0 aliphatic carbocycles. The van der Waals surface area contributed by atoms with E-state index >= 15 is 0 Å². The normalized spacial score (nSPS) is 16.4. The highest BCUT2D eigenvalue weighted by atomic mass is 19.4. The Balaban J connectivity index is 3.36. The van der Waals surface area contributed by atoms with Crippen LogP contribution in [-0.2, 0) is 23.6 Å². The first kappa shape index (κ1) is 21.3. The summed E-state index contributed by atoms with van der Waals surface area (Å²) in [6.07, 6.45) is -10.5. The highest BCUT2D eigenvalue weighted by Gasteiger charge is 2.41. The second-order valence-electron chi connectivity index (χ2n) is 6.23. The first-order valence-corrected chi connectivity index (χ1v) is 7.48. The standard InChI is InChI=1S/C16H19F6NO2/c1-3-9(8-14(2,23)13(24)25)7-10-11(15(17,18)19)5-4-6-12(10)16(20,21)22/h4-6,9H,3,7-8,23H2,1-2H3,(H,24,25). The van der Waals surface area contributed by atoms with Gasteiger partial charge in [0.15, 0.2) is 0 Å². The Bertz CT molecular complexity index is 590. The summed E-state index contributed by atoms with van der Waals surface area (Å²) in [6, 6.07) is 1.90. The minimum absolute atomic E-state index is 0.184. The largest absolute Gasteiger partial charge is 0.480 e. The van der Waals surface area contributed by atoms with Gasteiger partial charge in [-0.05, 0) is 43.4 Å². The summed E-state index contributed by atoms with van der Waals surface area (Å²) < 4.78 is 78.9. The quantitative estimate of drug-likeness (QED) is 0.725. The number of aliphatic carboxylic acids is 1. The highest BCUT2D eigenvalue weighted by Crippen LogP contribution is 2.41. The van der Waals surface area contributed by atoms with Crippen molar-refractivity contribution in [3.63, 3.8) is 0 Å². The molecule has 9 heteroatoms. The van der Waals surface area contributed by atoms with Crippen LogP contribution in [-0.4, -0.2) is 16.6 Å². The SMILES string of the molecule is CCC(Cc1c(C(F)(F)F)cccc1C(F)(F)F)CC(C)(N)C(=O)O. The Morgan fingerprint density at radius 2 is 1.56 bits per heavy atom. The molecule has 3 N–H and O–H groups in total. The zero-order valence-corrected chi connectivity index (χ0v) is 13.6. The highest BCUT2D eigenvalue weighted by molar-refractivity contribution is 5.77. The minimum atomic E-state index is -4.95. The Morgan fingerprint density at radius 1 is 1.12 bits per heavy atom. The molecular formula is C16H19F6NO2. The first-order valence-electron chi connectivity index (χ1n) is 7.48. The van der Waals surface area contributed by atoms with E-state index in [1.807, 2.05) is 0 Å². The maximum absolute atomic E-state index is 13.2. The molecule has 1 rings (SSSR count). The van der Waals surface area contributed by atoms with Gasteiger partial charge in [-0.15, -0.1) is 0 Å². The topological polar surface area (TPSA) is 63.3 Å². The summed E-state index contributed by atoms with van der Waals surface area (Å²) in [5, 5.41) is 9.03. The molecule has 25 heavy (non-hydrogen) atoms. The number of hydrogen-bond acceptors (Lipinski definition) is 2. The Kier molecular flexibility index (Phi) is 6.15. The van der Waals surface area contributed by atoms with E-state index in [2.05, 4.69) is 0 Å². The number of halogens is 6. The summed E-state index contributed by atoms with van der Waals surface area (Å²) in [5.74, 6) is -2.12. The molecule has 0 fully saturated rings. The maximum Gasteiger partial charge on any atom is 0.416 e.